The van der Waals surface area contributed by atoms with Crippen LogP contribution in [0.4, 0.5) is 11.4 Å². The van der Waals surface area contributed by atoms with E-state index in [4.69, 9.17) is 20.9 Å². The lowest BCUT2D eigenvalue weighted by Gasteiger charge is -2.49. The molecule has 0 heterocycles. The van der Waals surface area contributed by atoms with Crippen molar-refractivity contribution in [3.63, 3.8) is 0 Å². The first-order valence-corrected chi connectivity index (χ1v) is 9.52. The number of rotatable bonds is 6. The number of anilines is 2. The molecule has 0 spiro atoms. The van der Waals surface area contributed by atoms with Crippen LogP contribution >= 0.6 is 0 Å². The smallest absolute Gasteiger partial charge is 0.310 e. The van der Waals surface area contributed by atoms with E-state index in [0.29, 0.717) is 11.4 Å². The van der Waals surface area contributed by atoms with Crippen LogP contribution < -0.4 is 11.5 Å². The predicted octanol–water partition coefficient (Wildman–Crippen LogP) is 3.09. The van der Waals surface area contributed by atoms with Gasteiger partial charge in [0, 0.05) is 23.2 Å². The Bertz CT molecular complexity index is 753. The minimum Gasteiger partial charge on any atom is -0.466 e. The van der Waals surface area contributed by atoms with Crippen LogP contribution in [0, 0.1) is 11.8 Å². The maximum atomic E-state index is 12.8. The highest BCUT2D eigenvalue weighted by molar-refractivity contribution is 5.85. The van der Waals surface area contributed by atoms with Crippen LogP contribution in [0.2, 0.25) is 0 Å². The summed E-state index contributed by atoms with van der Waals surface area (Å²) in [6.45, 7) is 4.11. The predicted molar refractivity (Wildman–Crippen MR) is 107 cm³/mol. The fraction of sp³-hybridized carbons (Fsp3) is 0.364. The van der Waals surface area contributed by atoms with Gasteiger partial charge in [-0.2, -0.15) is 0 Å². The standard InChI is InChI=1S/C22H26N2O4/c1-3-27-21(25)19-17(13-5-9-15(23)10-6-13)20(22(26)28-4-2)18(19)14-7-11-16(24)12-8-14/h5-12,17-20H,3-4,23-24H2,1-2H3. The van der Waals surface area contributed by atoms with Gasteiger partial charge in [0.1, 0.15) is 0 Å². The van der Waals surface area contributed by atoms with E-state index >= 15 is 0 Å². The van der Waals surface area contributed by atoms with Crippen molar-refractivity contribution in [2.45, 2.75) is 25.7 Å². The zero-order valence-electron chi connectivity index (χ0n) is 16.1. The summed E-state index contributed by atoms with van der Waals surface area (Å²) < 4.78 is 10.7. The largest absolute Gasteiger partial charge is 0.466 e. The summed E-state index contributed by atoms with van der Waals surface area (Å²) in [6.07, 6.45) is 0. The molecule has 1 saturated carbocycles. The molecule has 0 amide bonds. The molecule has 0 aromatic heterocycles. The second kappa shape index (κ2) is 8.33. The SMILES string of the molecule is CCOC(=O)C1C(c2ccc(N)cc2)C(C(=O)OCC)C1c1ccc(N)cc1. The quantitative estimate of drug-likeness (QED) is 0.588. The van der Waals surface area contributed by atoms with Gasteiger partial charge in [-0.25, -0.2) is 0 Å². The first kappa shape index (κ1) is 19.7. The number of benzene rings is 2. The number of ether oxygens (including phenoxy) is 2. The third-order valence-corrected chi connectivity index (χ3v) is 5.31. The van der Waals surface area contributed by atoms with Crippen molar-refractivity contribution in [1.82, 2.24) is 0 Å². The van der Waals surface area contributed by atoms with Gasteiger partial charge >= 0.3 is 11.9 Å². The lowest BCUT2D eigenvalue weighted by atomic mass is 9.52. The third-order valence-electron chi connectivity index (χ3n) is 5.31. The molecule has 0 aliphatic heterocycles. The van der Waals surface area contributed by atoms with Crippen LogP contribution in [-0.2, 0) is 19.1 Å². The fourth-order valence-corrected chi connectivity index (χ4v) is 4.08. The van der Waals surface area contributed by atoms with Crippen molar-refractivity contribution in [3.8, 4) is 0 Å². The summed E-state index contributed by atoms with van der Waals surface area (Å²) in [5.74, 6) is -2.26. The third kappa shape index (κ3) is 3.67. The van der Waals surface area contributed by atoms with Crippen molar-refractivity contribution >= 4 is 23.3 Å². The summed E-state index contributed by atoms with van der Waals surface area (Å²) in [4.78, 5) is 25.7. The number of nitrogen functional groups attached to an aromatic ring is 2. The molecular weight excluding hydrogens is 356 g/mol. The zero-order chi connectivity index (χ0) is 20.3. The molecule has 2 aromatic rings. The van der Waals surface area contributed by atoms with Gasteiger partial charge in [0.15, 0.2) is 0 Å². The lowest BCUT2D eigenvalue weighted by Crippen LogP contribution is -2.52. The highest BCUT2D eigenvalue weighted by Crippen LogP contribution is 2.58. The molecule has 0 atom stereocenters. The monoisotopic (exact) mass is 382 g/mol. The minimum absolute atomic E-state index is 0.280. The Hall–Kier alpha value is -3.02. The summed E-state index contributed by atoms with van der Waals surface area (Å²) in [5, 5.41) is 0. The van der Waals surface area contributed by atoms with E-state index < -0.39 is 11.8 Å². The second-order valence-electron chi connectivity index (χ2n) is 6.94. The van der Waals surface area contributed by atoms with E-state index in [1.165, 1.54) is 0 Å². The van der Waals surface area contributed by atoms with Gasteiger partial charge in [0.25, 0.3) is 0 Å². The molecule has 148 valence electrons. The van der Waals surface area contributed by atoms with Gasteiger partial charge in [0.2, 0.25) is 0 Å². The molecule has 0 saturated heterocycles. The molecule has 4 N–H and O–H groups in total. The van der Waals surface area contributed by atoms with Gasteiger partial charge in [-0.05, 0) is 49.2 Å². The van der Waals surface area contributed by atoms with E-state index in [-0.39, 0.29) is 37.0 Å². The summed E-state index contributed by atoms with van der Waals surface area (Å²) in [7, 11) is 0. The number of hydrogen-bond acceptors (Lipinski definition) is 6. The van der Waals surface area contributed by atoms with E-state index in [2.05, 4.69) is 0 Å². The molecule has 6 heteroatoms. The van der Waals surface area contributed by atoms with Crippen LogP contribution in [0.5, 0.6) is 0 Å². The normalized spacial score (nSPS) is 23.5. The maximum Gasteiger partial charge on any atom is 0.310 e. The van der Waals surface area contributed by atoms with E-state index in [0.717, 1.165) is 11.1 Å². The summed E-state index contributed by atoms with van der Waals surface area (Å²) >= 11 is 0. The molecule has 28 heavy (non-hydrogen) atoms. The Morgan fingerprint density at radius 3 is 1.32 bits per heavy atom. The zero-order valence-corrected chi connectivity index (χ0v) is 16.1. The number of carbonyl (C=O) groups excluding carboxylic acids is 2. The fourth-order valence-electron chi connectivity index (χ4n) is 4.08. The summed E-state index contributed by atoms with van der Waals surface area (Å²) in [6, 6.07) is 14.5. The van der Waals surface area contributed by atoms with Gasteiger partial charge < -0.3 is 20.9 Å². The molecule has 2 aromatic carbocycles. The van der Waals surface area contributed by atoms with Crippen molar-refractivity contribution < 1.29 is 19.1 Å². The molecule has 1 aliphatic rings. The van der Waals surface area contributed by atoms with E-state index in [9.17, 15) is 9.59 Å². The van der Waals surface area contributed by atoms with Crippen LogP contribution in [0.15, 0.2) is 48.5 Å². The molecule has 1 fully saturated rings. The summed E-state index contributed by atoms with van der Waals surface area (Å²) in [5.41, 5.74) is 14.6. The van der Waals surface area contributed by atoms with Crippen LogP contribution in [-0.4, -0.2) is 25.2 Å². The van der Waals surface area contributed by atoms with E-state index in [1.54, 1.807) is 38.1 Å². The first-order chi connectivity index (χ1) is 13.5. The van der Waals surface area contributed by atoms with Crippen LogP contribution in [0.1, 0.15) is 36.8 Å². The molecule has 0 radical (unpaired) electrons. The van der Waals surface area contributed by atoms with Crippen LogP contribution in [0.25, 0.3) is 0 Å². The van der Waals surface area contributed by atoms with Crippen molar-refractivity contribution in [2.24, 2.45) is 11.8 Å². The first-order valence-electron chi connectivity index (χ1n) is 9.52. The number of hydrogen-bond donors (Lipinski definition) is 2. The molecule has 6 nitrogen and oxygen atoms in total. The molecule has 1 aliphatic carbocycles. The second-order valence-corrected chi connectivity index (χ2v) is 6.94. The molecule has 0 bridgehead atoms. The highest BCUT2D eigenvalue weighted by atomic mass is 16.5. The Balaban J connectivity index is 2.05. The van der Waals surface area contributed by atoms with Gasteiger partial charge in [0.05, 0.1) is 25.0 Å². The lowest BCUT2D eigenvalue weighted by molar-refractivity contribution is -0.166. The molecular formula is C22H26N2O4. The Kier molecular flexibility index (Phi) is 5.87. The van der Waals surface area contributed by atoms with E-state index in [1.807, 2.05) is 24.3 Å². The van der Waals surface area contributed by atoms with Crippen molar-refractivity contribution in [3.05, 3.63) is 59.7 Å². The maximum absolute atomic E-state index is 12.8. The average molecular weight is 382 g/mol. The Labute approximate surface area is 164 Å². The van der Waals surface area contributed by atoms with Crippen molar-refractivity contribution in [2.75, 3.05) is 24.7 Å². The van der Waals surface area contributed by atoms with Gasteiger partial charge in [-0.3, -0.25) is 9.59 Å². The molecule has 0 unspecified atom stereocenters. The van der Waals surface area contributed by atoms with Crippen molar-refractivity contribution in [1.29, 1.82) is 0 Å². The topological polar surface area (TPSA) is 105 Å². The van der Waals surface area contributed by atoms with Crippen LogP contribution in [0.3, 0.4) is 0 Å². The number of esters is 2. The Morgan fingerprint density at radius 1 is 0.714 bits per heavy atom. The van der Waals surface area contributed by atoms with Gasteiger partial charge in [-0.1, -0.05) is 24.3 Å². The van der Waals surface area contributed by atoms with Gasteiger partial charge in [-0.15, -0.1) is 0 Å². The minimum atomic E-state index is -0.485. The number of carbonyl (C=O) groups is 2. The highest BCUT2D eigenvalue weighted by Gasteiger charge is 2.59. The average Bonchev–Trinajstić information content (AvgIpc) is 2.64. The number of nitrogens with two attached hydrogens (primary N) is 2. The molecule has 3 rings (SSSR count). The Morgan fingerprint density at radius 2 is 1.04 bits per heavy atom.